The van der Waals surface area contributed by atoms with Crippen molar-refractivity contribution in [3.63, 3.8) is 0 Å². The second-order valence-electron chi connectivity index (χ2n) is 2.70. The lowest BCUT2D eigenvalue weighted by Crippen LogP contribution is -2.26. The van der Waals surface area contributed by atoms with Gasteiger partial charge in [0.15, 0.2) is 0 Å². The number of hydrogen-bond acceptors (Lipinski definition) is 3. The molecular weight excluding hydrogens is 144 g/mol. The smallest absolute Gasteiger partial charge is 0.0810 e. The Kier molecular flexibility index (Phi) is 4.50. The Hall–Kier alpha value is -0.120. The average molecular weight is 160 g/mol. The van der Waals surface area contributed by atoms with Gasteiger partial charge in [0, 0.05) is 13.7 Å². The zero-order valence-corrected chi connectivity index (χ0v) is 7.04. The van der Waals surface area contributed by atoms with E-state index in [0.717, 1.165) is 26.1 Å². The maximum absolute atomic E-state index is 5.47. The van der Waals surface area contributed by atoms with Crippen LogP contribution in [0.5, 0.6) is 0 Å². The topological polar surface area (TPSA) is 27.7 Å². The molecule has 0 aromatic carbocycles. The number of methoxy groups -OCH3 is 1. The molecule has 0 aromatic rings. The maximum Gasteiger partial charge on any atom is 0.0810 e. The molecule has 11 heavy (non-hydrogen) atoms. The second kappa shape index (κ2) is 5.52. The van der Waals surface area contributed by atoms with E-state index >= 15 is 0 Å². The minimum absolute atomic E-state index is 0.305. The van der Waals surface area contributed by atoms with Crippen LogP contribution in [0, 0.1) is 0 Å². The van der Waals surface area contributed by atoms with Crippen molar-refractivity contribution in [2.75, 3.05) is 33.5 Å². The van der Waals surface area contributed by atoms with Crippen LogP contribution in [0.3, 0.4) is 0 Å². The summed E-state index contributed by atoms with van der Waals surface area (Å²) in [6, 6.07) is 0. The third-order valence-electron chi connectivity index (χ3n) is 1.76. The molecule has 0 amide bonds. The van der Waals surface area contributed by atoms with Crippen LogP contribution in [-0.2, 0) is 14.2 Å². The minimum atomic E-state index is 0.305. The van der Waals surface area contributed by atoms with Gasteiger partial charge < -0.3 is 14.2 Å². The van der Waals surface area contributed by atoms with E-state index in [4.69, 9.17) is 14.2 Å². The van der Waals surface area contributed by atoms with Gasteiger partial charge in [0.05, 0.1) is 25.9 Å². The molecule has 0 radical (unpaired) electrons. The summed E-state index contributed by atoms with van der Waals surface area (Å²) in [4.78, 5) is 0. The fraction of sp³-hybridized carbons (Fsp3) is 1.00. The molecule has 66 valence electrons. The average Bonchev–Trinajstić information content (AvgIpc) is 2.07. The molecule has 0 spiro atoms. The molecule has 1 aliphatic heterocycles. The first-order chi connectivity index (χ1) is 5.43. The first-order valence-corrected chi connectivity index (χ1v) is 4.12. The van der Waals surface area contributed by atoms with Crippen LogP contribution in [0.1, 0.15) is 12.8 Å². The molecule has 1 heterocycles. The molecule has 1 atom stereocenters. The fourth-order valence-electron chi connectivity index (χ4n) is 1.14. The molecule has 3 nitrogen and oxygen atoms in total. The number of rotatable bonds is 4. The van der Waals surface area contributed by atoms with Gasteiger partial charge in [-0.05, 0) is 12.8 Å². The normalized spacial score (nSPS) is 25.4. The second-order valence-corrected chi connectivity index (χ2v) is 2.70. The van der Waals surface area contributed by atoms with Crippen LogP contribution in [0.15, 0.2) is 0 Å². The number of ether oxygens (including phenoxy) is 3. The maximum atomic E-state index is 5.47. The van der Waals surface area contributed by atoms with Crippen LogP contribution in [0.2, 0.25) is 0 Å². The van der Waals surface area contributed by atoms with E-state index in [1.54, 1.807) is 7.11 Å². The quantitative estimate of drug-likeness (QED) is 0.570. The van der Waals surface area contributed by atoms with Gasteiger partial charge in [-0.15, -0.1) is 0 Å². The van der Waals surface area contributed by atoms with Crippen LogP contribution in [0.25, 0.3) is 0 Å². The summed E-state index contributed by atoms with van der Waals surface area (Å²) in [5.41, 5.74) is 0. The summed E-state index contributed by atoms with van der Waals surface area (Å²) in [6.45, 7) is 3.01. The zero-order valence-electron chi connectivity index (χ0n) is 7.04. The highest BCUT2D eigenvalue weighted by atomic mass is 16.5. The van der Waals surface area contributed by atoms with Crippen LogP contribution < -0.4 is 0 Å². The van der Waals surface area contributed by atoms with Crippen molar-refractivity contribution in [2.45, 2.75) is 18.9 Å². The van der Waals surface area contributed by atoms with E-state index in [1.165, 1.54) is 0 Å². The van der Waals surface area contributed by atoms with Gasteiger partial charge in [0.25, 0.3) is 0 Å². The fourth-order valence-corrected chi connectivity index (χ4v) is 1.14. The summed E-state index contributed by atoms with van der Waals surface area (Å²) in [6.07, 6.45) is 2.56. The third kappa shape index (κ3) is 3.70. The molecule has 0 aromatic heterocycles. The van der Waals surface area contributed by atoms with Crippen LogP contribution >= 0.6 is 0 Å². The van der Waals surface area contributed by atoms with Crippen LogP contribution in [0.4, 0.5) is 0 Å². The van der Waals surface area contributed by atoms with Crippen LogP contribution in [-0.4, -0.2) is 39.6 Å². The Morgan fingerprint density at radius 3 is 3.00 bits per heavy atom. The van der Waals surface area contributed by atoms with E-state index < -0.39 is 0 Å². The molecule has 1 saturated heterocycles. The Morgan fingerprint density at radius 2 is 2.36 bits per heavy atom. The van der Waals surface area contributed by atoms with Crippen molar-refractivity contribution in [3.05, 3.63) is 0 Å². The molecule has 1 rings (SSSR count). The molecule has 1 fully saturated rings. The monoisotopic (exact) mass is 160 g/mol. The van der Waals surface area contributed by atoms with Gasteiger partial charge in [-0.2, -0.15) is 0 Å². The molecular formula is C8H16O3. The van der Waals surface area contributed by atoms with Crippen molar-refractivity contribution in [1.82, 2.24) is 0 Å². The third-order valence-corrected chi connectivity index (χ3v) is 1.76. The summed E-state index contributed by atoms with van der Waals surface area (Å²) >= 11 is 0. The van der Waals surface area contributed by atoms with Gasteiger partial charge in [-0.1, -0.05) is 0 Å². The minimum Gasteiger partial charge on any atom is -0.382 e. The first-order valence-electron chi connectivity index (χ1n) is 4.12. The van der Waals surface area contributed by atoms with Gasteiger partial charge in [0.1, 0.15) is 0 Å². The highest BCUT2D eigenvalue weighted by molar-refractivity contribution is 4.61. The Bertz CT molecular complexity index is 89.3. The molecule has 0 unspecified atom stereocenters. The molecule has 0 bridgehead atoms. The van der Waals surface area contributed by atoms with Crippen molar-refractivity contribution in [3.8, 4) is 0 Å². The standard InChI is InChI=1S/C8H16O3/c1-9-5-6-11-8-3-2-4-10-7-8/h8H,2-7H2,1H3/t8-/m1/s1. The lowest BCUT2D eigenvalue weighted by molar-refractivity contribution is -0.0610. The summed E-state index contributed by atoms with van der Waals surface area (Å²) in [7, 11) is 1.68. The SMILES string of the molecule is COCCO[C@@H]1CCCOC1. The Balaban J connectivity index is 1.96. The predicted molar refractivity (Wildman–Crippen MR) is 41.7 cm³/mol. The predicted octanol–water partition coefficient (Wildman–Crippen LogP) is 0.828. The van der Waals surface area contributed by atoms with E-state index in [0.29, 0.717) is 19.3 Å². The zero-order chi connectivity index (χ0) is 7.94. The summed E-state index contributed by atoms with van der Waals surface area (Å²) in [5.74, 6) is 0. The lowest BCUT2D eigenvalue weighted by atomic mass is 10.2. The highest BCUT2D eigenvalue weighted by Gasteiger charge is 2.13. The van der Waals surface area contributed by atoms with E-state index in [1.807, 2.05) is 0 Å². The van der Waals surface area contributed by atoms with Crippen molar-refractivity contribution >= 4 is 0 Å². The Morgan fingerprint density at radius 1 is 1.45 bits per heavy atom. The van der Waals surface area contributed by atoms with Gasteiger partial charge >= 0.3 is 0 Å². The summed E-state index contributed by atoms with van der Waals surface area (Å²) < 4.78 is 15.6. The molecule has 0 aliphatic carbocycles. The molecule has 0 N–H and O–H groups in total. The lowest BCUT2D eigenvalue weighted by Gasteiger charge is -2.22. The largest absolute Gasteiger partial charge is 0.382 e. The summed E-state index contributed by atoms with van der Waals surface area (Å²) in [5, 5.41) is 0. The highest BCUT2D eigenvalue weighted by Crippen LogP contribution is 2.08. The van der Waals surface area contributed by atoms with Gasteiger partial charge in [0.2, 0.25) is 0 Å². The molecule has 3 heteroatoms. The van der Waals surface area contributed by atoms with E-state index in [2.05, 4.69) is 0 Å². The van der Waals surface area contributed by atoms with E-state index in [9.17, 15) is 0 Å². The van der Waals surface area contributed by atoms with Crippen molar-refractivity contribution in [2.24, 2.45) is 0 Å². The van der Waals surface area contributed by atoms with Gasteiger partial charge in [-0.3, -0.25) is 0 Å². The molecule has 0 saturated carbocycles. The molecule has 1 aliphatic rings. The number of hydrogen-bond donors (Lipinski definition) is 0. The first kappa shape index (κ1) is 8.97. The van der Waals surface area contributed by atoms with Gasteiger partial charge in [-0.25, -0.2) is 0 Å². The Labute approximate surface area is 67.6 Å². The van der Waals surface area contributed by atoms with Crippen molar-refractivity contribution in [1.29, 1.82) is 0 Å². The van der Waals surface area contributed by atoms with E-state index in [-0.39, 0.29) is 0 Å². The van der Waals surface area contributed by atoms with Crippen molar-refractivity contribution < 1.29 is 14.2 Å².